The second-order valence-corrected chi connectivity index (χ2v) is 5.23. The molecule has 2 aromatic rings. The number of benzene rings is 1. The van der Waals surface area contributed by atoms with Gasteiger partial charge in [0.05, 0.1) is 23.8 Å². The minimum absolute atomic E-state index is 0.212. The fraction of sp³-hybridized carbons (Fsp3) is 0.333. The Morgan fingerprint density at radius 2 is 2.10 bits per heavy atom. The molecule has 0 aliphatic carbocycles. The van der Waals surface area contributed by atoms with Crippen molar-refractivity contribution in [2.75, 3.05) is 23.7 Å². The zero-order chi connectivity index (χ0) is 14.8. The minimum atomic E-state index is -0.212. The van der Waals surface area contributed by atoms with Gasteiger partial charge in [0.15, 0.2) is 0 Å². The van der Waals surface area contributed by atoms with Crippen LogP contribution in [0.2, 0.25) is 0 Å². The number of nitrogen functional groups attached to an aromatic ring is 1. The van der Waals surface area contributed by atoms with Crippen molar-refractivity contribution in [3.05, 3.63) is 41.5 Å². The van der Waals surface area contributed by atoms with Gasteiger partial charge in [-0.1, -0.05) is 6.07 Å². The first kappa shape index (κ1) is 13.6. The molecule has 0 atom stereocenters. The molecular formula is C15H18FN5. The number of nitrogens with two attached hydrogens (primary N) is 1. The average Bonchev–Trinajstić information content (AvgIpc) is 3.06. The van der Waals surface area contributed by atoms with Crippen LogP contribution in [0.1, 0.15) is 24.1 Å². The van der Waals surface area contributed by atoms with E-state index in [1.54, 1.807) is 12.4 Å². The Balaban J connectivity index is 1.80. The van der Waals surface area contributed by atoms with Crippen LogP contribution >= 0.6 is 0 Å². The molecule has 0 spiro atoms. The van der Waals surface area contributed by atoms with Gasteiger partial charge in [0, 0.05) is 13.1 Å². The summed E-state index contributed by atoms with van der Waals surface area (Å²) in [4.78, 5) is 6.13. The Morgan fingerprint density at radius 3 is 2.71 bits per heavy atom. The fourth-order valence-corrected chi connectivity index (χ4v) is 2.54. The zero-order valence-electron chi connectivity index (χ0n) is 12.0. The van der Waals surface area contributed by atoms with Crippen molar-refractivity contribution >= 4 is 17.9 Å². The molecule has 1 aromatic carbocycles. The highest BCUT2D eigenvalue weighted by Crippen LogP contribution is 2.24. The van der Waals surface area contributed by atoms with E-state index >= 15 is 0 Å². The van der Waals surface area contributed by atoms with Crippen molar-refractivity contribution in [1.82, 2.24) is 9.66 Å². The number of hydrogen-bond acceptors (Lipinski definition) is 4. The minimum Gasteiger partial charge on any atom is -0.369 e. The Kier molecular flexibility index (Phi) is 3.60. The van der Waals surface area contributed by atoms with Gasteiger partial charge in [-0.2, -0.15) is 5.10 Å². The third-order valence-electron chi connectivity index (χ3n) is 3.58. The number of hydrogen-bond donors (Lipinski definition) is 1. The van der Waals surface area contributed by atoms with Gasteiger partial charge in [0.2, 0.25) is 5.95 Å². The van der Waals surface area contributed by atoms with E-state index < -0.39 is 0 Å². The van der Waals surface area contributed by atoms with Gasteiger partial charge in [0.25, 0.3) is 0 Å². The molecule has 0 saturated carbocycles. The number of halogens is 1. The molecule has 1 aliphatic rings. The van der Waals surface area contributed by atoms with Gasteiger partial charge in [-0.25, -0.2) is 14.1 Å². The van der Waals surface area contributed by atoms with Crippen molar-refractivity contribution in [2.24, 2.45) is 5.10 Å². The van der Waals surface area contributed by atoms with Crippen LogP contribution in [0, 0.1) is 12.7 Å². The van der Waals surface area contributed by atoms with Crippen LogP contribution < -0.4 is 10.6 Å². The molecule has 0 radical (unpaired) electrons. The molecule has 5 nitrogen and oxygen atoms in total. The molecule has 1 saturated heterocycles. The second kappa shape index (κ2) is 5.55. The molecule has 0 amide bonds. The third kappa shape index (κ3) is 2.89. The highest BCUT2D eigenvalue weighted by molar-refractivity contribution is 5.80. The lowest BCUT2D eigenvalue weighted by Crippen LogP contribution is -2.18. The van der Waals surface area contributed by atoms with Gasteiger partial charge < -0.3 is 10.6 Å². The first-order chi connectivity index (χ1) is 10.1. The van der Waals surface area contributed by atoms with E-state index in [9.17, 15) is 4.39 Å². The lowest BCUT2D eigenvalue weighted by molar-refractivity contribution is 0.623. The van der Waals surface area contributed by atoms with Crippen molar-refractivity contribution in [1.29, 1.82) is 0 Å². The smallest absolute Gasteiger partial charge is 0.221 e. The summed E-state index contributed by atoms with van der Waals surface area (Å²) in [7, 11) is 0. The normalized spacial score (nSPS) is 15.2. The standard InChI is InChI=1S/C15H18FN5/c1-11-10-21(15(17)19-11)18-9-12-4-5-14(13(16)8-12)20-6-2-3-7-20/h4-5,8-10H,2-3,6-7H2,1H3,(H2,17,19). The molecule has 3 rings (SSSR count). The quantitative estimate of drug-likeness (QED) is 0.882. The lowest BCUT2D eigenvalue weighted by Gasteiger charge is -2.18. The van der Waals surface area contributed by atoms with E-state index in [0.29, 0.717) is 17.2 Å². The lowest BCUT2D eigenvalue weighted by atomic mass is 10.2. The highest BCUT2D eigenvalue weighted by atomic mass is 19.1. The summed E-state index contributed by atoms with van der Waals surface area (Å²) in [5, 5.41) is 4.19. The summed E-state index contributed by atoms with van der Waals surface area (Å²) in [6.07, 6.45) is 5.55. The van der Waals surface area contributed by atoms with Gasteiger partial charge in [0.1, 0.15) is 5.82 Å². The topological polar surface area (TPSA) is 59.4 Å². The Hall–Kier alpha value is -2.37. The Morgan fingerprint density at radius 1 is 1.33 bits per heavy atom. The number of anilines is 2. The second-order valence-electron chi connectivity index (χ2n) is 5.23. The number of aryl methyl sites for hydroxylation is 1. The van der Waals surface area contributed by atoms with Crippen LogP contribution in [0.3, 0.4) is 0 Å². The Bertz CT molecular complexity index is 671. The predicted molar refractivity (Wildman–Crippen MR) is 82.2 cm³/mol. The first-order valence-corrected chi connectivity index (χ1v) is 7.04. The van der Waals surface area contributed by atoms with Crippen LogP contribution in [0.15, 0.2) is 29.5 Å². The number of nitrogens with zero attached hydrogens (tertiary/aromatic N) is 4. The predicted octanol–water partition coefficient (Wildman–Crippen LogP) is 2.40. The molecule has 1 aliphatic heterocycles. The van der Waals surface area contributed by atoms with Crippen LogP contribution in [-0.2, 0) is 0 Å². The van der Waals surface area contributed by atoms with Crippen molar-refractivity contribution in [2.45, 2.75) is 19.8 Å². The molecule has 0 unspecified atom stereocenters. The molecule has 1 fully saturated rings. The van der Waals surface area contributed by atoms with Crippen molar-refractivity contribution in [3.63, 3.8) is 0 Å². The molecule has 2 heterocycles. The molecular weight excluding hydrogens is 269 g/mol. The summed E-state index contributed by atoms with van der Waals surface area (Å²) < 4.78 is 15.6. The van der Waals surface area contributed by atoms with E-state index in [1.807, 2.05) is 19.1 Å². The maximum absolute atomic E-state index is 14.2. The maximum atomic E-state index is 14.2. The summed E-state index contributed by atoms with van der Waals surface area (Å²) in [6, 6.07) is 5.17. The molecule has 110 valence electrons. The molecule has 2 N–H and O–H groups in total. The number of aromatic nitrogens is 2. The maximum Gasteiger partial charge on any atom is 0.221 e. The molecule has 1 aromatic heterocycles. The average molecular weight is 287 g/mol. The SMILES string of the molecule is Cc1cn(N=Cc2ccc(N3CCCC3)c(F)c2)c(N)n1. The van der Waals surface area contributed by atoms with Crippen LogP contribution in [0.25, 0.3) is 0 Å². The van der Waals surface area contributed by atoms with Gasteiger partial charge in [-0.15, -0.1) is 0 Å². The van der Waals surface area contributed by atoms with Crippen molar-refractivity contribution < 1.29 is 4.39 Å². The van der Waals surface area contributed by atoms with Gasteiger partial charge in [-0.3, -0.25) is 0 Å². The molecule has 0 bridgehead atoms. The first-order valence-electron chi connectivity index (χ1n) is 7.04. The highest BCUT2D eigenvalue weighted by Gasteiger charge is 2.15. The molecule has 6 heteroatoms. The van der Waals surface area contributed by atoms with E-state index in [1.165, 1.54) is 10.7 Å². The molecule has 21 heavy (non-hydrogen) atoms. The zero-order valence-corrected chi connectivity index (χ0v) is 12.0. The van der Waals surface area contributed by atoms with E-state index in [0.717, 1.165) is 31.6 Å². The summed E-state index contributed by atoms with van der Waals surface area (Å²) >= 11 is 0. The van der Waals surface area contributed by atoms with Crippen molar-refractivity contribution in [3.8, 4) is 0 Å². The largest absolute Gasteiger partial charge is 0.369 e. The summed E-state index contributed by atoms with van der Waals surface area (Å²) in [5.74, 6) is 0.105. The van der Waals surface area contributed by atoms with E-state index in [4.69, 9.17) is 5.73 Å². The number of imidazole rings is 1. The Labute approximate surface area is 122 Å². The van der Waals surface area contributed by atoms with E-state index in [-0.39, 0.29) is 5.82 Å². The fourth-order valence-electron chi connectivity index (χ4n) is 2.54. The van der Waals surface area contributed by atoms with Gasteiger partial charge >= 0.3 is 0 Å². The monoisotopic (exact) mass is 287 g/mol. The summed E-state index contributed by atoms with van der Waals surface area (Å²) in [6.45, 7) is 3.69. The van der Waals surface area contributed by atoms with Crippen LogP contribution in [0.5, 0.6) is 0 Å². The van der Waals surface area contributed by atoms with Crippen LogP contribution in [-0.4, -0.2) is 29.0 Å². The van der Waals surface area contributed by atoms with Gasteiger partial charge in [-0.05, 0) is 37.5 Å². The third-order valence-corrected chi connectivity index (χ3v) is 3.58. The van der Waals surface area contributed by atoms with Crippen LogP contribution in [0.4, 0.5) is 16.0 Å². The van der Waals surface area contributed by atoms with E-state index in [2.05, 4.69) is 15.0 Å². The summed E-state index contributed by atoms with van der Waals surface area (Å²) in [5.41, 5.74) is 7.86. The number of rotatable bonds is 3.